The Kier molecular flexibility index (Phi) is 5.51. The fourth-order valence-electron chi connectivity index (χ4n) is 2.54. The van der Waals surface area contributed by atoms with Gasteiger partial charge in [-0.05, 0) is 30.2 Å². The molecule has 27 heavy (non-hydrogen) atoms. The third-order valence-electron chi connectivity index (χ3n) is 3.86. The molecule has 0 aliphatic rings. The summed E-state index contributed by atoms with van der Waals surface area (Å²) in [5.74, 6) is -1.36. The average Bonchev–Trinajstić information content (AvgIpc) is 2.66. The van der Waals surface area contributed by atoms with E-state index in [-0.39, 0.29) is 16.9 Å². The first kappa shape index (κ1) is 18.2. The van der Waals surface area contributed by atoms with E-state index < -0.39 is 24.1 Å². The Balaban J connectivity index is 1.71. The first-order valence-electron chi connectivity index (χ1n) is 8.27. The minimum absolute atomic E-state index is 0.0882. The highest BCUT2D eigenvalue weighted by atomic mass is 16.5. The summed E-state index contributed by atoms with van der Waals surface area (Å²) in [6, 6.07) is 15.7. The SMILES string of the molecule is O=C(O)COc1ccc2cc(C(=O)NCCc3ccccc3)c(=O)oc2c1. The van der Waals surface area contributed by atoms with Crippen LogP contribution in [0.1, 0.15) is 15.9 Å². The Bertz CT molecular complexity index is 1030. The zero-order valence-corrected chi connectivity index (χ0v) is 14.3. The van der Waals surface area contributed by atoms with Gasteiger partial charge in [0.2, 0.25) is 0 Å². The minimum Gasteiger partial charge on any atom is -0.482 e. The van der Waals surface area contributed by atoms with E-state index in [1.165, 1.54) is 12.1 Å². The number of carboxylic acids is 1. The molecule has 2 aromatic carbocycles. The van der Waals surface area contributed by atoms with Gasteiger partial charge in [-0.25, -0.2) is 9.59 Å². The highest BCUT2D eigenvalue weighted by Crippen LogP contribution is 2.20. The maximum Gasteiger partial charge on any atom is 0.349 e. The van der Waals surface area contributed by atoms with Gasteiger partial charge in [0.05, 0.1) is 0 Å². The van der Waals surface area contributed by atoms with E-state index in [4.69, 9.17) is 14.3 Å². The van der Waals surface area contributed by atoms with E-state index in [0.717, 1.165) is 5.56 Å². The van der Waals surface area contributed by atoms with Crippen LogP contribution in [0.5, 0.6) is 5.75 Å². The van der Waals surface area contributed by atoms with Gasteiger partial charge in [0.1, 0.15) is 16.9 Å². The lowest BCUT2D eigenvalue weighted by Gasteiger charge is -2.07. The van der Waals surface area contributed by atoms with E-state index in [1.807, 2.05) is 30.3 Å². The van der Waals surface area contributed by atoms with Gasteiger partial charge in [0.15, 0.2) is 6.61 Å². The molecule has 7 heteroatoms. The molecule has 3 aromatic rings. The fourth-order valence-corrected chi connectivity index (χ4v) is 2.54. The predicted octanol–water partition coefficient (Wildman–Crippen LogP) is 2.23. The fraction of sp³-hybridized carbons (Fsp3) is 0.150. The molecule has 0 spiro atoms. The molecular weight excluding hydrogens is 350 g/mol. The number of hydrogen-bond acceptors (Lipinski definition) is 5. The van der Waals surface area contributed by atoms with Crippen LogP contribution >= 0.6 is 0 Å². The molecule has 0 saturated heterocycles. The maximum absolute atomic E-state index is 12.3. The second kappa shape index (κ2) is 8.18. The third-order valence-corrected chi connectivity index (χ3v) is 3.86. The Morgan fingerprint density at radius 2 is 1.85 bits per heavy atom. The molecule has 0 aliphatic carbocycles. The number of hydrogen-bond donors (Lipinski definition) is 2. The molecule has 2 N–H and O–H groups in total. The summed E-state index contributed by atoms with van der Waals surface area (Å²) in [4.78, 5) is 34.9. The largest absolute Gasteiger partial charge is 0.482 e. The van der Waals surface area contributed by atoms with Crippen molar-refractivity contribution in [1.82, 2.24) is 5.32 Å². The first-order valence-corrected chi connectivity index (χ1v) is 8.27. The van der Waals surface area contributed by atoms with Gasteiger partial charge in [-0.15, -0.1) is 0 Å². The van der Waals surface area contributed by atoms with Crippen molar-refractivity contribution in [3.05, 3.63) is 76.1 Å². The van der Waals surface area contributed by atoms with E-state index >= 15 is 0 Å². The molecule has 3 rings (SSSR count). The van der Waals surface area contributed by atoms with E-state index in [0.29, 0.717) is 18.4 Å². The van der Waals surface area contributed by atoms with E-state index in [9.17, 15) is 14.4 Å². The van der Waals surface area contributed by atoms with Crippen molar-refractivity contribution < 1.29 is 23.8 Å². The molecule has 1 amide bonds. The summed E-state index contributed by atoms with van der Waals surface area (Å²) >= 11 is 0. The van der Waals surface area contributed by atoms with Crippen LogP contribution in [0.25, 0.3) is 11.0 Å². The number of carbonyl (C=O) groups excluding carboxylic acids is 1. The van der Waals surface area contributed by atoms with Gasteiger partial charge in [0.25, 0.3) is 5.91 Å². The van der Waals surface area contributed by atoms with Crippen molar-refractivity contribution >= 4 is 22.8 Å². The minimum atomic E-state index is -1.11. The van der Waals surface area contributed by atoms with Gasteiger partial charge in [-0.2, -0.15) is 0 Å². The van der Waals surface area contributed by atoms with Crippen LogP contribution in [0.2, 0.25) is 0 Å². The summed E-state index contributed by atoms with van der Waals surface area (Å²) in [5.41, 5.74) is 0.436. The van der Waals surface area contributed by atoms with Crippen molar-refractivity contribution in [2.75, 3.05) is 13.2 Å². The van der Waals surface area contributed by atoms with E-state index in [2.05, 4.69) is 5.32 Å². The Labute approximate surface area is 154 Å². The zero-order valence-electron chi connectivity index (χ0n) is 14.3. The molecule has 1 heterocycles. The van der Waals surface area contributed by atoms with Gasteiger partial charge in [-0.3, -0.25) is 4.79 Å². The number of rotatable bonds is 7. The maximum atomic E-state index is 12.3. The second-order valence-electron chi connectivity index (χ2n) is 5.82. The third kappa shape index (κ3) is 4.72. The number of amides is 1. The molecule has 0 unspecified atom stereocenters. The summed E-state index contributed by atoms with van der Waals surface area (Å²) in [6.07, 6.45) is 0.649. The lowest BCUT2D eigenvalue weighted by Crippen LogP contribution is -2.29. The van der Waals surface area contributed by atoms with Crippen LogP contribution < -0.4 is 15.7 Å². The molecule has 0 fully saturated rings. The summed E-state index contributed by atoms with van der Waals surface area (Å²) < 4.78 is 10.2. The molecule has 138 valence electrons. The monoisotopic (exact) mass is 367 g/mol. The van der Waals surface area contributed by atoms with Crippen molar-refractivity contribution in [3.8, 4) is 5.75 Å². The summed E-state index contributed by atoms with van der Waals surface area (Å²) in [5, 5.41) is 11.9. The second-order valence-corrected chi connectivity index (χ2v) is 5.82. The Morgan fingerprint density at radius 3 is 2.59 bits per heavy atom. The molecule has 0 atom stereocenters. The average molecular weight is 367 g/mol. The smallest absolute Gasteiger partial charge is 0.349 e. The first-order chi connectivity index (χ1) is 13.0. The highest BCUT2D eigenvalue weighted by Gasteiger charge is 2.14. The molecule has 7 nitrogen and oxygen atoms in total. The topological polar surface area (TPSA) is 106 Å². The van der Waals surface area contributed by atoms with Crippen molar-refractivity contribution in [1.29, 1.82) is 0 Å². The van der Waals surface area contributed by atoms with Crippen molar-refractivity contribution in [2.45, 2.75) is 6.42 Å². The number of fused-ring (bicyclic) bond motifs is 1. The van der Waals surface area contributed by atoms with Crippen LogP contribution in [0.15, 0.2) is 63.8 Å². The van der Waals surface area contributed by atoms with Crippen LogP contribution in [0, 0.1) is 0 Å². The standard InChI is InChI=1S/C20H17NO6/c22-18(23)12-26-15-7-6-14-10-16(20(25)27-17(14)11-15)19(24)21-9-8-13-4-2-1-3-5-13/h1-7,10-11H,8-9,12H2,(H,21,24)(H,22,23). The predicted molar refractivity (Wildman–Crippen MR) is 98.1 cm³/mol. The number of carboxylic acid groups (broad SMARTS) is 1. The van der Waals surface area contributed by atoms with Crippen LogP contribution in [-0.4, -0.2) is 30.1 Å². The molecule has 0 bridgehead atoms. The van der Waals surface area contributed by atoms with Gasteiger partial charge in [-0.1, -0.05) is 30.3 Å². The number of carbonyl (C=O) groups is 2. The van der Waals surface area contributed by atoms with E-state index in [1.54, 1.807) is 12.1 Å². The lowest BCUT2D eigenvalue weighted by molar-refractivity contribution is -0.139. The van der Waals surface area contributed by atoms with Gasteiger partial charge in [0, 0.05) is 18.0 Å². The summed E-state index contributed by atoms with van der Waals surface area (Å²) in [6.45, 7) is -0.111. The molecule has 0 saturated carbocycles. The normalized spacial score (nSPS) is 10.5. The van der Waals surface area contributed by atoms with Gasteiger partial charge < -0.3 is 19.6 Å². The number of nitrogens with one attached hydrogen (secondary N) is 1. The molecular formula is C20H17NO6. The Morgan fingerprint density at radius 1 is 1.07 bits per heavy atom. The van der Waals surface area contributed by atoms with Crippen molar-refractivity contribution in [2.24, 2.45) is 0 Å². The molecule has 0 aliphatic heterocycles. The highest BCUT2D eigenvalue weighted by molar-refractivity contribution is 5.96. The van der Waals surface area contributed by atoms with Crippen molar-refractivity contribution in [3.63, 3.8) is 0 Å². The quantitative estimate of drug-likeness (QED) is 0.620. The number of benzene rings is 2. The number of ether oxygens (including phenoxy) is 1. The number of aliphatic carboxylic acids is 1. The summed E-state index contributed by atoms with van der Waals surface area (Å²) in [7, 11) is 0. The molecule has 1 aromatic heterocycles. The Hall–Kier alpha value is -3.61. The molecule has 0 radical (unpaired) electrons. The van der Waals surface area contributed by atoms with Gasteiger partial charge >= 0.3 is 11.6 Å². The lowest BCUT2D eigenvalue weighted by atomic mass is 10.1. The zero-order chi connectivity index (χ0) is 19.2. The van der Waals surface area contributed by atoms with Crippen LogP contribution in [0.3, 0.4) is 0 Å². The van der Waals surface area contributed by atoms with Crippen LogP contribution in [0.4, 0.5) is 0 Å². The van der Waals surface area contributed by atoms with Crippen LogP contribution in [-0.2, 0) is 11.2 Å².